The van der Waals surface area contributed by atoms with Crippen LogP contribution in [-0.4, -0.2) is 106 Å². The van der Waals surface area contributed by atoms with E-state index < -0.39 is 58.0 Å². The molecule has 244 valence electrons. The molecule has 4 aliphatic carbocycles. The topological polar surface area (TPSA) is 186 Å². The van der Waals surface area contributed by atoms with Gasteiger partial charge in [-0.3, -0.25) is 24.2 Å². The van der Waals surface area contributed by atoms with E-state index in [-0.39, 0.29) is 29.7 Å². The van der Waals surface area contributed by atoms with Crippen LogP contribution >= 0.6 is 0 Å². The van der Waals surface area contributed by atoms with E-state index in [4.69, 9.17) is 10.5 Å². The van der Waals surface area contributed by atoms with E-state index in [9.17, 15) is 34.8 Å². The number of primary amides is 1. The Hall–Kier alpha value is -3.97. The van der Waals surface area contributed by atoms with Crippen molar-refractivity contribution in [3.05, 3.63) is 57.6 Å². The molecule has 12 nitrogen and oxygen atoms in total. The fourth-order valence-corrected chi connectivity index (χ4v) is 7.89. The number of carbonyl (C=O) groups excluding carboxylic acids is 3. The summed E-state index contributed by atoms with van der Waals surface area (Å²) in [4.78, 5) is 44.1. The minimum Gasteiger partial charge on any atom is -0.510 e. The minimum atomic E-state index is -2.69. The molecule has 0 spiro atoms. The van der Waals surface area contributed by atoms with Crippen LogP contribution in [0.3, 0.4) is 0 Å². The molecule has 5 aliphatic rings. The van der Waals surface area contributed by atoms with E-state index in [0.717, 1.165) is 37.9 Å². The first-order valence-electron chi connectivity index (χ1n) is 16.0. The summed E-state index contributed by atoms with van der Waals surface area (Å²) >= 11 is 0. The summed E-state index contributed by atoms with van der Waals surface area (Å²) in [5.41, 5.74) is 3.16. The second kappa shape index (κ2) is 11.1. The number of ketones is 2. The van der Waals surface area contributed by atoms with Gasteiger partial charge in [-0.05, 0) is 76.8 Å². The maximum absolute atomic E-state index is 14.4. The first kappa shape index (κ1) is 30.7. The van der Waals surface area contributed by atoms with Crippen LogP contribution in [0.4, 0.5) is 0 Å². The molecule has 1 heterocycles. The number of phenolic OH excluding ortho intramolecular Hbond substituents is 1. The zero-order valence-electron chi connectivity index (χ0n) is 26.0. The Labute approximate surface area is 266 Å². The lowest BCUT2D eigenvalue weighted by Gasteiger charge is -2.50. The molecule has 12 heteroatoms. The van der Waals surface area contributed by atoms with Gasteiger partial charge in [-0.1, -0.05) is 12.1 Å². The summed E-state index contributed by atoms with van der Waals surface area (Å²) in [5, 5.41) is 50.9. The lowest BCUT2D eigenvalue weighted by molar-refractivity contribution is -0.148. The largest absolute Gasteiger partial charge is 0.510 e. The van der Waals surface area contributed by atoms with E-state index in [0.29, 0.717) is 47.8 Å². The van der Waals surface area contributed by atoms with Crippen LogP contribution < -0.4 is 15.8 Å². The van der Waals surface area contributed by atoms with Crippen molar-refractivity contribution in [3.8, 4) is 11.5 Å². The van der Waals surface area contributed by atoms with Gasteiger partial charge in [-0.15, -0.1) is 0 Å². The molecule has 0 unspecified atom stereocenters. The van der Waals surface area contributed by atoms with Crippen molar-refractivity contribution in [2.45, 2.75) is 56.3 Å². The van der Waals surface area contributed by atoms with Crippen molar-refractivity contribution in [1.82, 2.24) is 15.1 Å². The molecule has 7 rings (SSSR count). The number of hydrogen-bond donors (Lipinski definition) is 6. The van der Waals surface area contributed by atoms with Gasteiger partial charge in [0.05, 0.1) is 11.6 Å². The number of ether oxygens (including phenoxy) is 1. The SMILES string of the molecule is CN(C)[C@@H]1C(O)=C(C(N)=O)C(=O)[C@@]2(O)C(O)=C3C(=O)c4c(c(OCCNC5CC5)c5ccc(CN6CCC6)cc5c4O)C[C@H]3C[C@@H]12. The van der Waals surface area contributed by atoms with Gasteiger partial charge in [-0.25, -0.2) is 0 Å². The molecule has 0 bridgehead atoms. The zero-order valence-corrected chi connectivity index (χ0v) is 26.0. The number of benzene rings is 2. The molecule has 4 atom stereocenters. The van der Waals surface area contributed by atoms with Crippen LogP contribution in [-0.2, 0) is 22.6 Å². The minimum absolute atomic E-state index is 0.0159. The molecule has 1 aliphatic heterocycles. The first-order valence-corrected chi connectivity index (χ1v) is 16.0. The highest BCUT2D eigenvalue weighted by molar-refractivity contribution is 6.25. The number of allylic oxidation sites excluding steroid dienone is 1. The number of carbonyl (C=O) groups is 3. The monoisotopic (exact) mass is 632 g/mol. The standard InChI is InChI=1S/C34H40N4O8/c1-37(2)26-22-14-17-13-21-24(28(40)23(17)31(42)34(22,45)32(43)25(29(26)41)33(35)44)27(39)20-12-16(15-38-9-3-10-38)4-7-19(20)30(21)46-11-8-36-18-5-6-18/h4,7,12,17-18,22,26,36,39,41-42,45H,3,5-6,8-11,13-15H2,1-2H3,(H2,35,44)/t17-,22-,26-,34-/m0/s1. The number of amides is 1. The Morgan fingerprint density at radius 3 is 2.52 bits per heavy atom. The third-order valence-corrected chi connectivity index (χ3v) is 10.4. The van der Waals surface area contributed by atoms with Crippen LogP contribution in [0, 0.1) is 11.8 Å². The van der Waals surface area contributed by atoms with Crippen molar-refractivity contribution in [1.29, 1.82) is 0 Å². The summed E-state index contributed by atoms with van der Waals surface area (Å²) in [7, 11) is 3.21. The maximum Gasteiger partial charge on any atom is 0.255 e. The Morgan fingerprint density at radius 1 is 1.15 bits per heavy atom. The van der Waals surface area contributed by atoms with Crippen LogP contribution in [0.1, 0.15) is 47.2 Å². The number of aliphatic hydroxyl groups is 3. The van der Waals surface area contributed by atoms with Crippen LogP contribution in [0.15, 0.2) is 40.9 Å². The van der Waals surface area contributed by atoms with Gasteiger partial charge < -0.3 is 36.2 Å². The number of Topliss-reactive ketones (excluding diaryl/α,β-unsaturated/α-hetero) is 2. The second-order valence-corrected chi connectivity index (χ2v) is 13.6. The highest BCUT2D eigenvalue weighted by atomic mass is 16.5. The van der Waals surface area contributed by atoms with Crippen molar-refractivity contribution in [3.63, 3.8) is 0 Å². The van der Waals surface area contributed by atoms with Crippen molar-refractivity contribution in [2.24, 2.45) is 17.6 Å². The number of rotatable bonds is 9. The van der Waals surface area contributed by atoms with E-state index in [1.807, 2.05) is 18.2 Å². The predicted octanol–water partition coefficient (Wildman–Crippen LogP) is 1.61. The molecule has 1 amide bonds. The van der Waals surface area contributed by atoms with Gasteiger partial charge in [0.2, 0.25) is 5.78 Å². The molecular weight excluding hydrogens is 592 g/mol. The van der Waals surface area contributed by atoms with Gasteiger partial charge in [0.15, 0.2) is 11.4 Å². The summed E-state index contributed by atoms with van der Waals surface area (Å²) in [5.74, 6) is -6.26. The summed E-state index contributed by atoms with van der Waals surface area (Å²) in [6, 6.07) is 5.21. The number of aliphatic hydroxyl groups excluding tert-OH is 2. The molecule has 46 heavy (non-hydrogen) atoms. The third-order valence-electron chi connectivity index (χ3n) is 10.4. The Morgan fingerprint density at radius 2 is 1.89 bits per heavy atom. The van der Waals surface area contributed by atoms with Gasteiger partial charge in [0.1, 0.15) is 35.2 Å². The summed E-state index contributed by atoms with van der Waals surface area (Å²) in [6.45, 7) is 3.62. The Bertz CT molecular complexity index is 1740. The number of phenols is 1. The molecule has 0 aromatic heterocycles. The number of likely N-dealkylation sites (N-methyl/N-ethyl adjacent to an activating group) is 1. The van der Waals surface area contributed by atoms with Crippen molar-refractivity contribution < 1.29 is 39.5 Å². The highest BCUT2D eigenvalue weighted by Crippen LogP contribution is 2.54. The average molecular weight is 633 g/mol. The van der Waals surface area contributed by atoms with E-state index in [1.54, 1.807) is 14.1 Å². The van der Waals surface area contributed by atoms with E-state index in [2.05, 4.69) is 10.2 Å². The summed E-state index contributed by atoms with van der Waals surface area (Å²) < 4.78 is 6.39. The maximum atomic E-state index is 14.4. The summed E-state index contributed by atoms with van der Waals surface area (Å²) in [6.07, 6.45) is 3.57. The molecular formula is C34H40N4O8. The van der Waals surface area contributed by atoms with Gasteiger partial charge in [0, 0.05) is 47.0 Å². The number of likely N-dealkylation sites (tertiary alicyclic amines) is 1. The fraction of sp³-hybridized carbons (Fsp3) is 0.500. The van der Waals surface area contributed by atoms with Crippen molar-refractivity contribution >= 4 is 28.2 Å². The number of hydrogen-bond acceptors (Lipinski definition) is 11. The molecule has 2 aromatic rings. The smallest absolute Gasteiger partial charge is 0.255 e. The molecule has 1 saturated heterocycles. The van der Waals surface area contributed by atoms with E-state index >= 15 is 0 Å². The highest BCUT2D eigenvalue weighted by Gasteiger charge is 2.63. The Kier molecular flexibility index (Phi) is 7.39. The normalized spacial score (nSPS) is 27.9. The molecule has 1 saturated carbocycles. The quantitative estimate of drug-likeness (QED) is 0.174. The van der Waals surface area contributed by atoms with Crippen molar-refractivity contribution in [2.75, 3.05) is 40.3 Å². The van der Waals surface area contributed by atoms with E-state index in [1.165, 1.54) is 4.90 Å². The van der Waals surface area contributed by atoms with Crippen LogP contribution in [0.25, 0.3) is 10.8 Å². The first-order chi connectivity index (χ1) is 21.9. The lowest BCUT2D eigenvalue weighted by atomic mass is 9.58. The molecule has 2 fully saturated rings. The number of aromatic hydroxyl groups is 1. The lowest BCUT2D eigenvalue weighted by Crippen LogP contribution is -2.63. The fourth-order valence-electron chi connectivity index (χ4n) is 7.89. The average Bonchev–Trinajstić information content (AvgIpc) is 3.80. The number of nitrogens with two attached hydrogens (primary N) is 1. The van der Waals surface area contributed by atoms with Crippen LogP contribution in [0.2, 0.25) is 0 Å². The predicted molar refractivity (Wildman–Crippen MR) is 168 cm³/mol. The number of nitrogens with zero attached hydrogens (tertiary/aromatic N) is 2. The second-order valence-electron chi connectivity index (χ2n) is 13.6. The molecule has 2 aromatic carbocycles. The third kappa shape index (κ3) is 4.61. The Balaban J connectivity index is 1.37. The number of fused-ring (bicyclic) bond motifs is 4. The van der Waals surface area contributed by atoms with Gasteiger partial charge >= 0.3 is 0 Å². The van der Waals surface area contributed by atoms with Crippen LogP contribution in [0.5, 0.6) is 11.5 Å². The number of nitrogens with one attached hydrogen (secondary N) is 1. The van der Waals surface area contributed by atoms with Gasteiger partial charge in [0.25, 0.3) is 5.91 Å². The zero-order chi connectivity index (χ0) is 32.7. The molecule has 7 N–H and O–H groups in total. The molecule has 0 radical (unpaired) electrons. The van der Waals surface area contributed by atoms with Gasteiger partial charge in [-0.2, -0.15) is 0 Å².